The number of aliphatic carboxylic acids is 1. The third-order valence-electron chi connectivity index (χ3n) is 1.84. The van der Waals surface area contributed by atoms with E-state index in [1.54, 1.807) is 0 Å². The molecule has 4 atom stereocenters. The van der Waals surface area contributed by atoms with Gasteiger partial charge in [0.1, 0.15) is 12.2 Å². The van der Waals surface area contributed by atoms with Crippen LogP contribution < -0.4 is 5.73 Å². The van der Waals surface area contributed by atoms with Crippen LogP contribution in [-0.4, -0.2) is 52.2 Å². The van der Waals surface area contributed by atoms with E-state index in [1.165, 1.54) is 0 Å². The number of aliphatic hydroxyl groups excluding tert-OH is 2. The normalized spacial score (nSPS) is 41.6. The minimum absolute atomic E-state index is 0.0119. The van der Waals surface area contributed by atoms with Gasteiger partial charge in [-0.25, -0.2) is 4.79 Å². The number of carboxylic acid groups (broad SMARTS) is 1. The summed E-state index contributed by atoms with van der Waals surface area (Å²) in [5.74, 6) is -1.29. The summed E-state index contributed by atoms with van der Waals surface area (Å²) in [5.41, 5.74) is 5.16. The molecule has 0 aromatic rings. The molecule has 12 heavy (non-hydrogen) atoms. The molecule has 0 radical (unpaired) electrons. The van der Waals surface area contributed by atoms with E-state index in [4.69, 9.17) is 25.8 Å². The highest BCUT2D eigenvalue weighted by atomic mass is 16.6. The Kier molecular flexibility index (Phi) is 2.63. The van der Waals surface area contributed by atoms with Gasteiger partial charge in [0.25, 0.3) is 0 Å². The van der Waals surface area contributed by atoms with E-state index in [0.717, 1.165) is 0 Å². The molecule has 0 spiro atoms. The smallest absolute Gasteiger partial charge is 0.335 e. The molecule has 0 aliphatic carbocycles. The van der Waals surface area contributed by atoms with Crippen LogP contribution in [0, 0.1) is 0 Å². The fourth-order valence-corrected chi connectivity index (χ4v) is 1.15. The lowest BCUT2D eigenvalue weighted by molar-refractivity contribution is -0.153. The molecule has 2 unspecified atom stereocenters. The number of ether oxygens (including phenoxy) is 1. The molecule has 70 valence electrons. The molecule has 0 bridgehead atoms. The van der Waals surface area contributed by atoms with Crippen molar-refractivity contribution in [1.82, 2.24) is 0 Å². The van der Waals surface area contributed by atoms with Crippen molar-refractivity contribution in [3.05, 3.63) is 0 Å². The molecule has 1 fully saturated rings. The number of rotatable bonds is 2. The Bertz CT molecular complexity index is 185. The predicted molar refractivity (Wildman–Crippen MR) is 37.4 cm³/mol. The summed E-state index contributed by atoms with van der Waals surface area (Å²) in [6.45, 7) is -0.0119. The van der Waals surface area contributed by atoms with Gasteiger partial charge in [0.2, 0.25) is 0 Å². The number of hydrogen-bond acceptors (Lipinski definition) is 5. The average molecular weight is 177 g/mol. The van der Waals surface area contributed by atoms with Crippen LogP contribution in [0.25, 0.3) is 0 Å². The van der Waals surface area contributed by atoms with Crippen LogP contribution in [0.2, 0.25) is 0 Å². The van der Waals surface area contributed by atoms with E-state index in [9.17, 15) is 4.79 Å². The summed E-state index contributed by atoms with van der Waals surface area (Å²) < 4.78 is 4.77. The highest BCUT2D eigenvalue weighted by molar-refractivity contribution is 5.73. The second-order valence-corrected chi connectivity index (χ2v) is 2.65. The molecule has 5 N–H and O–H groups in total. The van der Waals surface area contributed by atoms with Crippen molar-refractivity contribution in [2.75, 3.05) is 6.54 Å². The Balaban J connectivity index is 2.66. The van der Waals surface area contributed by atoms with Crippen LogP contribution >= 0.6 is 0 Å². The van der Waals surface area contributed by atoms with Gasteiger partial charge in [0.05, 0.1) is 6.10 Å². The van der Waals surface area contributed by atoms with Crippen molar-refractivity contribution in [2.24, 2.45) is 5.73 Å². The molecule has 0 aromatic carbocycles. The molecule has 0 amide bonds. The van der Waals surface area contributed by atoms with Crippen LogP contribution in [0.1, 0.15) is 0 Å². The van der Waals surface area contributed by atoms with Gasteiger partial charge in [-0.3, -0.25) is 0 Å². The summed E-state index contributed by atoms with van der Waals surface area (Å²) in [6, 6.07) is 0. The lowest BCUT2D eigenvalue weighted by Gasteiger charge is -2.10. The molecular formula is C6H11NO5. The Morgan fingerprint density at radius 3 is 2.25 bits per heavy atom. The van der Waals surface area contributed by atoms with Crippen molar-refractivity contribution < 1.29 is 24.9 Å². The minimum atomic E-state index is -1.39. The molecule has 6 heteroatoms. The SMILES string of the molecule is NC[C@H]1O[C@@H](C(=O)O)C(O)C1O. The maximum Gasteiger partial charge on any atom is 0.335 e. The van der Waals surface area contributed by atoms with Crippen molar-refractivity contribution in [3.63, 3.8) is 0 Å². The topological polar surface area (TPSA) is 113 Å². The maximum atomic E-state index is 10.4. The van der Waals surface area contributed by atoms with Crippen molar-refractivity contribution >= 4 is 5.97 Å². The summed E-state index contributed by atoms with van der Waals surface area (Å²) in [7, 11) is 0. The second kappa shape index (κ2) is 3.36. The standard InChI is InChI=1S/C6H11NO5/c7-1-2-3(8)4(9)5(12-2)6(10)11/h2-5,8-9H,1,7H2,(H,10,11)/t2-,3?,4?,5-/m1/s1. The first kappa shape index (κ1) is 9.40. The Hall–Kier alpha value is -0.690. The second-order valence-electron chi connectivity index (χ2n) is 2.65. The number of nitrogens with two attached hydrogens (primary N) is 1. The third kappa shape index (κ3) is 1.42. The Morgan fingerprint density at radius 1 is 1.42 bits per heavy atom. The van der Waals surface area contributed by atoms with E-state index in [0.29, 0.717) is 0 Å². The monoisotopic (exact) mass is 177 g/mol. The van der Waals surface area contributed by atoms with Crippen LogP contribution in [0.3, 0.4) is 0 Å². The van der Waals surface area contributed by atoms with E-state index < -0.39 is 30.4 Å². The maximum absolute atomic E-state index is 10.4. The van der Waals surface area contributed by atoms with Crippen LogP contribution in [0.5, 0.6) is 0 Å². The fraction of sp³-hybridized carbons (Fsp3) is 0.833. The van der Waals surface area contributed by atoms with Crippen LogP contribution in [0.4, 0.5) is 0 Å². The zero-order valence-corrected chi connectivity index (χ0v) is 6.25. The third-order valence-corrected chi connectivity index (χ3v) is 1.84. The largest absolute Gasteiger partial charge is 0.479 e. The van der Waals surface area contributed by atoms with Gasteiger partial charge < -0.3 is 25.8 Å². The Morgan fingerprint density at radius 2 is 2.00 bits per heavy atom. The van der Waals surface area contributed by atoms with Crippen molar-refractivity contribution in [2.45, 2.75) is 24.4 Å². The molecule has 0 aromatic heterocycles. The zero-order chi connectivity index (χ0) is 9.30. The fourth-order valence-electron chi connectivity index (χ4n) is 1.15. The molecule has 6 nitrogen and oxygen atoms in total. The van der Waals surface area contributed by atoms with Gasteiger partial charge in [-0.2, -0.15) is 0 Å². The van der Waals surface area contributed by atoms with Gasteiger partial charge in [0, 0.05) is 6.54 Å². The van der Waals surface area contributed by atoms with Gasteiger partial charge in [-0.1, -0.05) is 0 Å². The summed E-state index contributed by atoms with van der Waals surface area (Å²) >= 11 is 0. The number of hydrogen-bond donors (Lipinski definition) is 4. The lowest BCUT2D eigenvalue weighted by atomic mass is 10.1. The van der Waals surface area contributed by atoms with Crippen LogP contribution in [-0.2, 0) is 9.53 Å². The summed E-state index contributed by atoms with van der Waals surface area (Å²) in [6.07, 6.45) is -4.76. The first-order valence-electron chi connectivity index (χ1n) is 3.52. The highest BCUT2D eigenvalue weighted by Gasteiger charge is 2.45. The first-order valence-corrected chi connectivity index (χ1v) is 3.52. The molecule has 1 aliphatic rings. The van der Waals surface area contributed by atoms with E-state index in [1.807, 2.05) is 0 Å². The predicted octanol–water partition coefficient (Wildman–Crippen LogP) is -2.48. The quantitative estimate of drug-likeness (QED) is 0.371. The zero-order valence-electron chi connectivity index (χ0n) is 6.25. The van der Waals surface area contributed by atoms with E-state index >= 15 is 0 Å². The van der Waals surface area contributed by atoms with Gasteiger partial charge in [-0.15, -0.1) is 0 Å². The van der Waals surface area contributed by atoms with Crippen LogP contribution in [0.15, 0.2) is 0 Å². The number of carboxylic acids is 1. The molecule has 1 saturated heterocycles. The summed E-state index contributed by atoms with van der Waals surface area (Å²) in [4.78, 5) is 10.4. The first-order chi connectivity index (χ1) is 5.57. The summed E-state index contributed by atoms with van der Waals surface area (Å²) in [5, 5.41) is 26.8. The van der Waals surface area contributed by atoms with Gasteiger partial charge in [0.15, 0.2) is 6.10 Å². The minimum Gasteiger partial charge on any atom is -0.479 e. The van der Waals surface area contributed by atoms with E-state index in [-0.39, 0.29) is 6.54 Å². The number of carbonyl (C=O) groups is 1. The molecule has 0 saturated carbocycles. The number of aliphatic hydroxyl groups is 2. The van der Waals surface area contributed by atoms with Crippen molar-refractivity contribution in [3.8, 4) is 0 Å². The molecule has 1 heterocycles. The molecule has 1 rings (SSSR count). The average Bonchev–Trinajstić information content (AvgIpc) is 2.30. The highest BCUT2D eigenvalue weighted by Crippen LogP contribution is 2.20. The molecule has 1 aliphatic heterocycles. The van der Waals surface area contributed by atoms with Crippen molar-refractivity contribution in [1.29, 1.82) is 0 Å². The van der Waals surface area contributed by atoms with E-state index in [2.05, 4.69) is 0 Å². The molecular weight excluding hydrogens is 166 g/mol. The van der Waals surface area contributed by atoms with Gasteiger partial charge in [-0.05, 0) is 0 Å². The lowest BCUT2D eigenvalue weighted by Crippen LogP contribution is -2.37. The van der Waals surface area contributed by atoms with Gasteiger partial charge >= 0.3 is 5.97 Å². The Labute approximate surface area is 68.6 Å².